The van der Waals surface area contributed by atoms with Crippen molar-refractivity contribution < 1.29 is 14.3 Å². The van der Waals surface area contributed by atoms with Crippen molar-refractivity contribution in [3.8, 4) is 11.5 Å². The van der Waals surface area contributed by atoms with E-state index in [1.165, 1.54) is 4.90 Å². The molecule has 0 saturated carbocycles. The molecule has 4 aromatic rings. The third-order valence-corrected chi connectivity index (χ3v) is 10.6. The lowest BCUT2D eigenvalue weighted by Crippen LogP contribution is -2.56. The molecule has 4 aromatic carbocycles. The fourth-order valence-electron chi connectivity index (χ4n) is 6.33. The van der Waals surface area contributed by atoms with Gasteiger partial charge in [0.15, 0.2) is 0 Å². The van der Waals surface area contributed by atoms with Gasteiger partial charge in [-0.3, -0.25) is 9.59 Å². The normalized spacial score (nSPS) is 27.1. The number of hydrogen-bond acceptors (Lipinski definition) is 3. The summed E-state index contributed by atoms with van der Waals surface area (Å²) in [4.78, 5) is 29.6. The molecule has 1 aliphatic heterocycles. The number of anilines is 1. The van der Waals surface area contributed by atoms with E-state index in [9.17, 15) is 9.59 Å². The van der Waals surface area contributed by atoms with Crippen LogP contribution in [0.5, 0.6) is 11.5 Å². The van der Waals surface area contributed by atoms with Crippen molar-refractivity contribution in [1.29, 1.82) is 0 Å². The summed E-state index contributed by atoms with van der Waals surface area (Å²) in [5.74, 6) is -0.218. The van der Waals surface area contributed by atoms with Crippen LogP contribution in [-0.2, 0) is 18.2 Å². The van der Waals surface area contributed by atoms with Crippen LogP contribution in [0, 0.1) is 18.8 Å². The summed E-state index contributed by atoms with van der Waals surface area (Å²) >= 11 is 8.09. The number of rotatable bonds is 3. The summed E-state index contributed by atoms with van der Waals surface area (Å²) in [7, 11) is 0. The Kier molecular flexibility index (Phi) is 4.89. The largest absolute Gasteiger partial charge is 0.457 e. The fourth-order valence-corrected chi connectivity index (χ4v) is 8.63. The lowest BCUT2D eigenvalue weighted by atomic mass is 9.54. The maximum atomic E-state index is 14.1. The van der Waals surface area contributed by atoms with E-state index in [4.69, 9.17) is 4.74 Å². The van der Waals surface area contributed by atoms with Gasteiger partial charge in [-0.15, -0.1) is 0 Å². The van der Waals surface area contributed by atoms with Gasteiger partial charge in [-0.2, -0.15) is 0 Å². The number of imide groups is 1. The van der Waals surface area contributed by atoms with Crippen LogP contribution in [0.4, 0.5) is 5.69 Å². The van der Waals surface area contributed by atoms with Crippen molar-refractivity contribution in [2.24, 2.45) is 11.8 Å². The Morgan fingerprint density at radius 3 is 1.41 bits per heavy atom. The van der Waals surface area contributed by atoms with Gasteiger partial charge in [0.25, 0.3) is 0 Å². The molecule has 4 nitrogen and oxygen atoms in total. The number of ether oxygens (including phenoxy) is 1. The highest BCUT2D eigenvalue weighted by atomic mass is 79.9. The molecular formula is C31H21Br2NO3. The van der Waals surface area contributed by atoms with Gasteiger partial charge in [-0.1, -0.05) is 98.1 Å². The molecule has 4 aliphatic rings. The highest BCUT2D eigenvalue weighted by molar-refractivity contribution is 9.10. The average molecular weight is 615 g/mol. The van der Waals surface area contributed by atoms with Crippen LogP contribution in [0.15, 0.2) is 97.1 Å². The smallest absolute Gasteiger partial charge is 0.239 e. The molecule has 1 saturated heterocycles. The number of nitrogens with zero attached hydrogens (tertiary/aromatic N) is 1. The van der Waals surface area contributed by atoms with Crippen molar-refractivity contribution in [2.75, 3.05) is 4.90 Å². The van der Waals surface area contributed by atoms with Crippen molar-refractivity contribution in [2.45, 2.75) is 15.6 Å². The summed E-state index contributed by atoms with van der Waals surface area (Å²) in [6.45, 7) is 2.03. The minimum absolute atomic E-state index is 0.202. The van der Waals surface area contributed by atoms with E-state index in [-0.39, 0.29) is 11.8 Å². The molecule has 2 atom stereocenters. The molecule has 6 heteroatoms. The quantitative estimate of drug-likeness (QED) is 0.181. The average Bonchev–Trinajstić information content (AvgIpc) is 3.20. The number of carbonyl (C=O) groups excluding carboxylic acids is 2. The van der Waals surface area contributed by atoms with Crippen LogP contribution < -0.4 is 9.64 Å². The molecule has 0 unspecified atom stereocenters. The molecule has 182 valence electrons. The maximum Gasteiger partial charge on any atom is 0.239 e. The highest BCUT2D eigenvalue weighted by Crippen LogP contribution is 2.70. The first-order valence-electron chi connectivity index (χ1n) is 12.2. The first kappa shape index (κ1) is 22.9. The highest BCUT2D eigenvalue weighted by Gasteiger charge is 2.72. The summed E-state index contributed by atoms with van der Waals surface area (Å²) in [6.07, 6.45) is 0. The Morgan fingerprint density at radius 1 is 0.622 bits per heavy atom. The second-order valence-corrected chi connectivity index (χ2v) is 12.4. The number of halogens is 2. The molecule has 1 fully saturated rings. The Bertz CT molecular complexity index is 1470. The number of carbonyl (C=O) groups is 2. The molecule has 1 heterocycles. The van der Waals surface area contributed by atoms with Gasteiger partial charge >= 0.3 is 0 Å². The summed E-state index contributed by atoms with van der Waals surface area (Å²) in [5, 5.41) is 0. The van der Waals surface area contributed by atoms with E-state index in [1.807, 2.05) is 55.5 Å². The van der Waals surface area contributed by atoms with E-state index >= 15 is 0 Å². The number of benzene rings is 4. The molecule has 2 amide bonds. The third-order valence-electron chi connectivity index (χ3n) is 7.94. The van der Waals surface area contributed by atoms with E-state index in [0.29, 0.717) is 11.4 Å². The summed E-state index contributed by atoms with van der Waals surface area (Å²) in [6, 6.07) is 31.1. The minimum Gasteiger partial charge on any atom is -0.457 e. The predicted octanol–water partition coefficient (Wildman–Crippen LogP) is 7.20. The van der Waals surface area contributed by atoms with E-state index in [1.54, 1.807) is 24.3 Å². The number of hydrogen-bond donors (Lipinski definition) is 0. The van der Waals surface area contributed by atoms with Gasteiger partial charge in [0.2, 0.25) is 11.8 Å². The lowest BCUT2D eigenvalue weighted by Gasteiger charge is -2.55. The summed E-state index contributed by atoms with van der Waals surface area (Å²) < 4.78 is 4.37. The van der Waals surface area contributed by atoms with Crippen LogP contribution in [0.3, 0.4) is 0 Å². The Balaban J connectivity index is 1.31. The zero-order valence-corrected chi connectivity index (χ0v) is 23.0. The molecule has 37 heavy (non-hydrogen) atoms. The van der Waals surface area contributed by atoms with Crippen LogP contribution in [-0.4, -0.2) is 11.8 Å². The SMILES string of the molecule is Cc1ccc(Oc2ccc(N3C(=O)[C@H]4[C@H](C3=O)C3(Br)c5ccccc5C4(Br)c4ccccc43)cc2)cc1. The minimum atomic E-state index is -0.795. The molecule has 0 radical (unpaired) electrons. The fraction of sp³-hybridized carbons (Fsp3) is 0.161. The Morgan fingerprint density at radius 2 is 1.00 bits per heavy atom. The third kappa shape index (κ3) is 2.94. The van der Waals surface area contributed by atoms with Crippen molar-refractivity contribution in [3.63, 3.8) is 0 Å². The zero-order chi connectivity index (χ0) is 25.5. The first-order chi connectivity index (χ1) is 17.8. The Labute approximate surface area is 231 Å². The van der Waals surface area contributed by atoms with Crippen LogP contribution in [0.1, 0.15) is 27.8 Å². The first-order valence-corrected chi connectivity index (χ1v) is 13.7. The summed E-state index contributed by atoms with van der Waals surface area (Å²) in [5.41, 5.74) is 5.80. The van der Waals surface area contributed by atoms with Gasteiger partial charge in [0.1, 0.15) is 11.5 Å². The predicted molar refractivity (Wildman–Crippen MR) is 149 cm³/mol. The maximum absolute atomic E-state index is 14.1. The van der Waals surface area contributed by atoms with Gasteiger partial charge in [-0.05, 0) is 65.6 Å². The second-order valence-electron chi connectivity index (χ2n) is 9.89. The van der Waals surface area contributed by atoms with Gasteiger partial charge in [-0.25, -0.2) is 4.90 Å². The zero-order valence-electron chi connectivity index (χ0n) is 19.8. The molecular weight excluding hydrogens is 594 g/mol. The standard InChI is InChI=1S/C31H21Br2NO3/c1-18-10-14-20(15-11-18)37-21-16-12-19(13-17-21)34-28(35)26-27(29(34)36)31(33)23-7-3-2-6-22(23)30(26,32)24-8-4-5-9-25(24)31/h2-17,26-27H,1H3/t26-,27-,30?,31?/m1/s1. The number of aryl methyl sites for hydroxylation is 1. The number of alkyl halides is 2. The lowest BCUT2D eigenvalue weighted by molar-refractivity contribution is -0.122. The molecule has 0 spiro atoms. The Hall–Kier alpha value is -3.22. The van der Waals surface area contributed by atoms with Crippen molar-refractivity contribution in [3.05, 3.63) is 125 Å². The molecule has 0 aromatic heterocycles. The van der Waals surface area contributed by atoms with Gasteiger partial charge in [0.05, 0.1) is 26.2 Å². The second kappa shape index (κ2) is 7.89. The van der Waals surface area contributed by atoms with Crippen LogP contribution >= 0.6 is 31.9 Å². The topological polar surface area (TPSA) is 46.6 Å². The van der Waals surface area contributed by atoms with Gasteiger partial charge in [0, 0.05) is 0 Å². The number of amides is 2. The van der Waals surface area contributed by atoms with Crippen LogP contribution in [0.2, 0.25) is 0 Å². The molecule has 8 rings (SSSR count). The van der Waals surface area contributed by atoms with E-state index < -0.39 is 20.5 Å². The van der Waals surface area contributed by atoms with Crippen LogP contribution in [0.25, 0.3) is 0 Å². The van der Waals surface area contributed by atoms with Crippen molar-refractivity contribution in [1.82, 2.24) is 0 Å². The van der Waals surface area contributed by atoms with Crippen molar-refractivity contribution >= 4 is 49.4 Å². The molecule has 2 bridgehead atoms. The van der Waals surface area contributed by atoms with E-state index in [2.05, 4.69) is 56.1 Å². The molecule has 0 N–H and O–H groups in total. The van der Waals surface area contributed by atoms with E-state index in [0.717, 1.165) is 33.6 Å². The van der Waals surface area contributed by atoms with Gasteiger partial charge < -0.3 is 4.74 Å². The molecule has 3 aliphatic carbocycles. The monoisotopic (exact) mass is 613 g/mol.